The second kappa shape index (κ2) is 7.06. The van der Waals surface area contributed by atoms with Crippen LogP contribution in [0.4, 0.5) is 0 Å². The van der Waals surface area contributed by atoms with E-state index in [0.29, 0.717) is 24.7 Å². The standard InChI is InChI=1S/C12H19NO3/c1-3-4-5-8-13-12(14)11-7-6-10(16-11)9-15-2/h6-7H,3-5,8-9H2,1-2H3,(H,13,14). The van der Waals surface area contributed by atoms with E-state index in [1.165, 1.54) is 0 Å². The summed E-state index contributed by atoms with van der Waals surface area (Å²) >= 11 is 0. The number of furan rings is 1. The summed E-state index contributed by atoms with van der Waals surface area (Å²) in [7, 11) is 1.59. The van der Waals surface area contributed by atoms with Gasteiger partial charge in [0.25, 0.3) is 5.91 Å². The minimum atomic E-state index is -0.154. The van der Waals surface area contributed by atoms with E-state index in [-0.39, 0.29) is 5.91 Å². The molecule has 16 heavy (non-hydrogen) atoms. The molecule has 0 aromatic carbocycles. The highest BCUT2D eigenvalue weighted by atomic mass is 16.5. The number of rotatable bonds is 7. The summed E-state index contributed by atoms with van der Waals surface area (Å²) in [6, 6.07) is 3.42. The highest BCUT2D eigenvalue weighted by Crippen LogP contribution is 2.08. The molecule has 1 heterocycles. The van der Waals surface area contributed by atoms with E-state index in [1.54, 1.807) is 19.2 Å². The average Bonchev–Trinajstić information content (AvgIpc) is 2.73. The minimum absolute atomic E-state index is 0.154. The van der Waals surface area contributed by atoms with Crippen molar-refractivity contribution in [2.75, 3.05) is 13.7 Å². The van der Waals surface area contributed by atoms with Gasteiger partial charge in [0.1, 0.15) is 12.4 Å². The van der Waals surface area contributed by atoms with Crippen molar-refractivity contribution in [3.63, 3.8) is 0 Å². The molecule has 0 aliphatic heterocycles. The molecule has 1 aromatic rings. The first-order valence-corrected chi connectivity index (χ1v) is 5.63. The lowest BCUT2D eigenvalue weighted by atomic mass is 10.2. The molecule has 4 nitrogen and oxygen atoms in total. The van der Waals surface area contributed by atoms with Gasteiger partial charge in [0.2, 0.25) is 0 Å². The Hall–Kier alpha value is -1.29. The number of nitrogens with one attached hydrogen (secondary N) is 1. The molecule has 0 aliphatic carbocycles. The molecule has 90 valence electrons. The second-order valence-electron chi connectivity index (χ2n) is 3.66. The number of carbonyl (C=O) groups is 1. The van der Waals surface area contributed by atoms with Crippen LogP contribution in [0.25, 0.3) is 0 Å². The maximum atomic E-state index is 11.6. The molecule has 0 atom stereocenters. The molecule has 0 aliphatic rings. The predicted octanol–water partition coefficient (Wildman–Crippen LogP) is 2.35. The van der Waals surface area contributed by atoms with Gasteiger partial charge in [0, 0.05) is 13.7 Å². The van der Waals surface area contributed by atoms with Crippen molar-refractivity contribution < 1.29 is 13.9 Å². The molecular weight excluding hydrogens is 206 g/mol. The fraction of sp³-hybridized carbons (Fsp3) is 0.583. The zero-order valence-electron chi connectivity index (χ0n) is 9.91. The van der Waals surface area contributed by atoms with Gasteiger partial charge in [-0.1, -0.05) is 19.8 Å². The third-order valence-corrected chi connectivity index (χ3v) is 2.24. The number of hydrogen-bond acceptors (Lipinski definition) is 3. The van der Waals surface area contributed by atoms with E-state index in [2.05, 4.69) is 12.2 Å². The summed E-state index contributed by atoms with van der Waals surface area (Å²) in [5.74, 6) is 0.864. The fourth-order valence-electron chi connectivity index (χ4n) is 1.38. The first-order valence-electron chi connectivity index (χ1n) is 5.63. The molecule has 0 spiro atoms. The summed E-state index contributed by atoms with van der Waals surface area (Å²) in [6.45, 7) is 3.22. The SMILES string of the molecule is CCCCCNC(=O)c1ccc(COC)o1. The van der Waals surface area contributed by atoms with Crippen LogP contribution in [0.1, 0.15) is 42.5 Å². The summed E-state index contributed by atoms with van der Waals surface area (Å²) in [5, 5.41) is 2.82. The Morgan fingerprint density at radius 2 is 2.25 bits per heavy atom. The van der Waals surface area contributed by atoms with E-state index in [0.717, 1.165) is 19.3 Å². The Morgan fingerprint density at radius 1 is 1.44 bits per heavy atom. The topological polar surface area (TPSA) is 51.5 Å². The Morgan fingerprint density at radius 3 is 2.94 bits per heavy atom. The highest BCUT2D eigenvalue weighted by Gasteiger charge is 2.09. The molecule has 1 aromatic heterocycles. The van der Waals surface area contributed by atoms with E-state index in [1.807, 2.05) is 0 Å². The smallest absolute Gasteiger partial charge is 0.286 e. The molecule has 1 amide bonds. The maximum absolute atomic E-state index is 11.6. The van der Waals surface area contributed by atoms with Crippen LogP contribution in [-0.2, 0) is 11.3 Å². The third-order valence-electron chi connectivity index (χ3n) is 2.24. The van der Waals surface area contributed by atoms with Crippen LogP contribution in [0.2, 0.25) is 0 Å². The lowest BCUT2D eigenvalue weighted by molar-refractivity contribution is 0.0916. The quantitative estimate of drug-likeness (QED) is 0.725. The summed E-state index contributed by atoms with van der Waals surface area (Å²) < 4.78 is 10.2. The van der Waals surface area contributed by atoms with Crippen LogP contribution < -0.4 is 5.32 Å². The zero-order chi connectivity index (χ0) is 11.8. The molecule has 0 fully saturated rings. The van der Waals surface area contributed by atoms with Gasteiger partial charge in [0.15, 0.2) is 5.76 Å². The van der Waals surface area contributed by atoms with Crippen molar-refractivity contribution in [1.29, 1.82) is 0 Å². The van der Waals surface area contributed by atoms with Crippen molar-refractivity contribution in [2.45, 2.75) is 32.8 Å². The van der Waals surface area contributed by atoms with Crippen molar-refractivity contribution in [1.82, 2.24) is 5.32 Å². The summed E-state index contributed by atoms with van der Waals surface area (Å²) in [4.78, 5) is 11.6. The van der Waals surface area contributed by atoms with E-state index < -0.39 is 0 Å². The van der Waals surface area contributed by atoms with Crippen molar-refractivity contribution in [3.8, 4) is 0 Å². The van der Waals surface area contributed by atoms with Crippen LogP contribution >= 0.6 is 0 Å². The summed E-state index contributed by atoms with van der Waals surface area (Å²) in [6.07, 6.45) is 3.29. The third kappa shape index (κ3) is 4.06. The van der Waals surface area contributed by atoms with Crippen LogP contribution in [0.5, 0.6) is 0 Å². The number of methoxy groups -OCH3 is 1. The second-order valence-corrected chi connectivity index (χ2v) is 3.66. The number of hydrogen-bond donors (Lipinski definition) is 1. The van der Waals surface area contributed by atoms with Gasteiger partial charge in [-0.15, -0.1) is 0 Å². The van der Waals surface area contributed by atoms with E-state index in [4.69, 9.17) is 9.15 Å². The number of carbonyl (C=O) groups excluding carboxylic acids is 1. The lowest BCUT2D eigenvalue weighted by Gasteiger charge is -2.01. The Bertz CT molecular complexity index is 320. The van der Waals surface area contributed by atoms with Gasteiger partial charge in [-0.25, -0.2) is 0 Å². The van der Waals surface area contributed by atoms with E-state index in [9.17, 15) is 4.79 Å². The Kier molecular flexibility index (Phi) is 5.64. The Labute approximate surface area is 96.0 Å². The number of unbranched alkanes of at least 4 members (excludes halogenated alkanes) is 2. The minimum Gasteiger partial charge on any atom is -0.453 e. The largest absolute Gasteiger partial charge is 0.453 e. The molecular formula is C12H19NO3. The molecule has 0 unspecified atom stereocenters. The summed E-state index contributed by atoms with van der Waals surface area (Å²) in [5.41, 5.74) is 0. The monoisotopic (exact) mass is 225 g/mol. The normalized spacial score (nSPS) is 10.4. The predicted molar refractivity (Wildman–Crippen MR) is 61.3 cm³/mol. The molecule has 0 bridgehead atoms. The molecule has 0 saturated carbocycles. The lowest BCUT2D eigenvalue weighted by Crippen LogP contribution is -2.23. The van der Waals surface area contributed by atoms with Gasteiger partial charge >= 0.3 is 0 Å². The van der Waals surface area contributed by atoms with Crippen molar-refractivity contribution >= 4 is 5.91 Å². The molecule has 1 rings (SSSR count). The highest BCUT2D eigenvalue weighted by molar-refractivity contribution is 5.91. The number of ether oxygens (including phenoxy) is 1. The fourth-order valence-corrected chi connectivity index (χ4v) is 1.38. The van der Waals surface area contributed by atoms with Crippen LogP contribution in [-0.4, -0.2) is 19.6 Å². The maximum Gasteiger partial charge on any atom is 0.286 e. The van der Waals surface area contributed by atoms with E-state index >= 15 is 0 Å². The van der Waals surface area contributed by atoms with Gasteiger partial charge in [-0.3, -0.25) is 4.79 Å². The van der Waals surface area contributed by atoms with Gasteiger partial charge in [0.05, 0.1) is 0 Å². The van der Waals surface area contributed by atoms with Crippen LogP contribution in [0.3, 0.4) is 0 Å². The van der Waals surface area contributed by atoms with Gasteiger partial charge in [-0.2, -0.15) is 0 Å². The molecule has 1 N–H and O–H groups in total. The molecule has 4 heteroatoms. The first kappa shape index (κ1) is 12.8. The van der Waals surface area contributed by atoms with Crippen LogP contribution in [0, 0.1) is 0 Å². The molecule has 0 radical (unpaired) electrons. The van der Waals surface area contributed by atoms with Gasteiger partial charge in [-0.05, 0) is 18.6 Å². The van der Waals surface area contributed by atoms with Gasteiger partial charge < -0.3 is 14.5 Å². The van der Waals surface area contributed by atoms with Crippen molar-refractivity contribution in [2.24, 2.45) is 0 Å². The van der Waals surface area contributed by atoms with Crippen LogP contribution in [0.15, 0.2) is 16.5 Å². The zero-order valence-corrected chi connectivity index (χ0v) is 9.91. The first-order chi connectivity index (χ1) is 7.77. The molecule has 0 saturated heterocycles. The number of amides is 1. The average molecular weight is 225 g/mol. The Balaban J connectivity index is 2.34. The van der Waals surface area contributed by atoms with Crippen molar-refractivity contribution in [3.05, 3.63) is 23.7 Å².